The van der Waals surface area contributed by atoms with E-state index < -0.39 is 0 Å². The molecule has 0 aliphatic carbocycles. The summed E-state index contributed by atoms with van der Waals surface area (Å²) in [5, 5.41) is 3.44. The van der Waals surface area contributed by atoms with Gasteiger partial charge in [0.05, 0.1) is 5.54 Å². The Balaban J connectivity index is 0.00000133. The zero-order valence-corrected chi connectivity index (χ0v) is 11.9. The Bertz CT molecular complexity index is 453. The highest BCUT2D eigenvalue weighted by Gasteiger charge is 2.49. The van der Waals surface area contributed by atoms with Gasteiger partial charge in [0.2, 0.25) is 0 Å². The molecular formula is C14H20ClN3O. The first-order valence-corrected chi connectivity index (χ1v) is 6.49. The first-order chi connectivity index (χ1) is 8.71. The predicted octanol–water partition coefficient (Wildman–Crippen LogP) is 1.36. The summed E-state index contributed by atoms with van der Waals surface area (Å²) in [6.45, 7) is 3.41. The molecule has 1 N–H and O–H groups in total. The van der Waals surface area contributed by atoms with Gasteiger partial charge in [0.1, 0.15) is 0 Å². The van der Waals surface area contributed by atoms with E-state index in [9.17, 15) is 4.79 Å². The number of rotatable bonds is 2. The third-order valence-electron chi connectivity index (χ3n) is 4.00. The molecule has 1 atom stereocenters. The number of benzene rings is 1. The molecule has 4 nitrogen and oxygen atoms in total. The SMILES string of the molecule is CN1CC2(Cc3ccccc3)CNCCN2C1=O.Cl. The highest BCUT2D eigenvalue weighted by Crippen LogP contribution is 2.30. The Morgan fingerprint density at radius 2 is 2.05 bits per heavy atom. The van der Waals surface area contributed by atoms with Crippen LogP contribution >= 0.6 is 12.4 Å². The summed E-state index contributed by atoms with van der Waals surface area (Å²) < 4.78 is 0. The number of piperazine rings is 1. The van der Waals surface area contributed by atoms with Crippen molar-refractivity contribution < 1.29 is 4.79 Å². The van der Waals surface area contributed by atoms with E-state index in [0.29, 0.717) is 0 Å². The molecule has 0 saturated carbocycles. The number of likely N-dealkylation sites (N-methyl/N-ethyl adjacent to an activating group) is 1. The number of fused-ring (bicyclic) bond motifs is 1. The van der Waals surface area contributed by atoms with Crippen LogP contribution in [0.2, 0.25) is 0 Å². The average molecular weight is 282 g/mol. The number of nitrogens with zero attached hydrogens (tertiary/aromatic N) is 2. The van der Waals surface area contributed by atoms with Crippen molar-refractivity contribution in [3.63, 3.8) is 0 Å². The third-order valence-corrected chi connectivity index (χ3v) is 4.00. The van der Waals surface area contributed by atoms with Crippen molar-refractivity contribution in [2.75, 3.05) is 33.2 Å². The minimum absolute atomic E-state index is 0. The van der Waals surface area contributed by atoms with Crippen LogP contribution in [0, 0.1) is 0 Å². The Labute approximate surface area is 120 Å². The van der Waals surface area contributed by atoms with E-state index in [-0.39, 0.29) is 24.0 Å². The Kier molecular flexibility index (Phi) is 4.02. The van der Waals surface area contributed by atoms with Gasteiger partial charge in [-0.3, -0.25) is 0 Å². The summed E-state index contributed by atoms with van der Waals surface area (Å²) >= 11 is 0. The highest BCUT2D eigenvalue weighted by atomic mass is 35.5. The molecule has 19 heavy (non-hydrogen) atoms. The summed E-state index contributed by atoms with van der Waals surface area (Å²) in [7, 11) is 1.90. The maximum Gasteiger partial charge on any atom is 0.320 e. The van der Waals surface area contributed by atoms with E-state index in [0.717, 1.165) is 32.6 Å². The molecule has 2 amide bonds. The largest absolute Gasteiger partial charge is 0.325 e. The van der Waals surface area contributed by atoms with Crippen molar-refractivity contribution >= 4 is 18.4 Å². The van der Waals surface area contributed by atoms with E-state index in [1.54, 1.807) is 0 Å². The van der Waals surface area contributed by atoms with Crippen molar-refractivity contribution in [3.8, 4) is 0 Å². The topological polar surface area (TPSA) is 35.6 Å². The Morgan fingerprint density at radius 1 is 1.32 bits per heavy atom. The van der Waals surface area contributed by atoms with Gasteiger partial charge in [0.15, 0.2) is 0 Å². The predicted molar refractivity (Wildman–Crippen MR) is 77.7 cm³/mol. The maximum atomic E-state index is 12.2. The average Bonchev–Trinajstić information content (AvgIpc) is 2.63. The number of nitrogens with one attached hydrogen (secondary N) is 1. The first-order valence-electron chi connectivity index (χ1n) is 6.49. The van der Waals surface area contributed by atoms with Gasteiger partial charge in [-0.15, -0.1) is 12.4 Å². The fourth-order valence-corrected chi connectivity index (χ4v) is 3.19. The molecule has 0 spiro atoms. The summed E-state index contributed by atoms with van der Waals surface area (Å²) in [5.74, 6) is 0. The van der Waals surface area contributed by atoms with Gasteiger partial charge in [0, 0.05) is 33.2 Å². The fourth-order valence-electron chi connectivity index (χ4n) is 3.19. The molecule has 0 radical (unpaired) electrons. The molecule has 2 aliphatic rings. The molecule has 5 heteroatoms. The highest BCUT2D eigenvalue weighted by molar-refractivity contribution is 5.85. The number of amides is 2. The Hall–Kier alpha value is -1.26. The number of hydrogen-bond acceptors (Lipinski definition) is 2. The number of urea groups is 1. The monoisotopic (exact) mass is 281 g/mol. The fraction of sp³-hybridized carbons (Fsp3) is 0.500. The van der Waals surface area contributed by atoms with Crippen LogP contribution in [0.15, 0.2) is 30.3 Å². The minimum Gasteiger partial charge on any atom is -0.325 e. The van der Waals surface area contributed by atoms with Gasteiger partial charge in [-0.2, -0.15) is 0 Å². The lowest BCUT2D eigenvalue weighted by molar-refractivity contribution is 0.129. The van der Waals surface area contributed by atoms with E-state index in [2.05, 4.69) is 34.5 Å². The normalized spacial score (nSPS) is 26.1. The molecular weight excluding hydrogens is 262 g/mol. The number of hydrogen-bond donors (Lipinski definition) is 1. The summed E-state index contributed by atoms with van der Waals surface area (Å²) in [6.07, 6.45) is 0.927. The Morgan fingerprint density at radius 3 is 2.79 bits per heavy atom. The van der Waals surface area contributed by atoms with Gasteiger partial charge in [-0.1, -0.05) is 30.3 Å². The van der Waals surface area contributed by atoms with E-state index in [1.165, 1.54) is 5.56 Å². The molecule has 2 heterocycles. The number of carbonyl (C=O) groups is 1. The van der Waals surface area contributed by atoms with Crippen molar-refractivity contribution in [2.24, 2.45) is 0 Å². The van der Waals surface area contributed by atoms with Crippen LogP contribution in [0.1, 0.15) is 5.56 Å². The summed E-state index contributed by atoms with van der Waals surface area (Å²) in [4.78, 5) is 16.1. The van der Waals surface area contributed by atoms with Gasteiger partial charge in [-0.05, 0) is 12.0 Å². The smallest absolute Gasteiger partial charge is 0.320 e. The quantitative estimate of drug-likeness (QED) is 0.889. The number of carbonyl (C=O) groups excluding carboxylic acids is 1. The van der Waals surface area contributed by atoms with Crippen molar-refractivity contribution in [1.82, 2.24) is 15.1 Å². The third kappa shape index (κ3) is 2.42. The van der Waals surface area contributed by atoms with Crippen molar-refractivity contribution in [1.29, 1.82) is 0 Å². The van der Waals surface area contributed by atoms with Crippen molar-refractivity contribution in [2.45, 2.75) is 12.0 Å². The number of halogens is 1. The lowest BCUT2D eigenvalue weighted by Gasteiger charge is -2.41. The van der Waals surface area contributed by atoms with E-state index in [4.69, 9.17) is 0 Å². The molecule has 2 fully saturated rings. The van der Waals surface area contributed by atoms with Gasteiger partial charge in [0.25, 0.3) is 0 Å². The van der Waals surface area contributed by atoms with Crippen LogP contribution in [0.3, 0.4) is 0 Å². The summed E-state index contributed by atoms with van der Waals surface area (Å²) in [5.41, 5.74) is 1.24. The maximum absolute atomic E-state index is 12.2. The van der Waals surface area contributed by atoms with Crippen LogP contribution in [0.4, 0.5) is 4.79 Å². The lowest BCUT2D eigenvalue weighted by Crippen LogP contribution is -2.61. The van der Waals surface area contributed by atoms with Gasteiger partial charge < -0.3 is 15.1 Å². The second-order valence-electron chi connectivity index (χ2n) is 5.35. The van der Waals surface area contributed by atoms with Gasteiger partial charge in [-0.25, -0.2) is 4.79 Å². The van der Waals surface area contributed by atoms with Crippen molar-refractivity contribution in [3.05, 3.63) is 35.9 Å². The molecule has 1 aromatic rings. The zero-order chi connectivity index (χ0) is 12.6. The first kappa shape index (κ1) is 14.2. The summed E-state index contributed by atoms with van der Waals surface area (Å²) in [6, 6.07) is 10.6. The second-order valence-corrected chi connectivity index (χ2v) is 5.35. The molecule has 3 rings (SSSR count). The zero-order valence-electron chi connectivity index (χ0n) is 11.1. The molecule has 1 unspecified atom stereocenters. The molecule has 2 saturated heterocycles. The molecule has 0 aromatic heterocycles. The second kappa shape index (κ2) is 5.39. The van der Waals surface area contributed by atoms with E-state index >= 15 is 0 Å². The molecule has 0 bridgehead atoms. The van der Waals surface area contributed by atoms with Gasteiger partial charge >= 0.3 is 6.03 Å². The van der Waals surface area contributed by atoms with Crippen LogP contribution in [-0.2, 0) is 6.42 Å². The van der Waals surface area contributed by atoms with Crippen LogP contribution < -0.4 is 5.32 Å². The lowest BCUT2D eigenvalue weighted by atomic mass is 9.88. The standard InChI is InChI=1S/C14H19N3O.ClH/c1-16-11-14(9-12-5-3-2-4-6-12)10-15-7-8-17(14)13(16)18;/h2-6,15H,7-11H2,1H3;1H. The molecule has 1 aromatic carbocycles. The van der Waals surface area contributed by atoms with Crippen LogP contribution in [0.5, 0.6) is 0 Å². The van der Waals surface area contributed by atoms with Crippen LogP contribution in [0.25, 0.3) is 0 Å². The van der Waals surface area contributed by atoms with Crippen LogP contribution in [-0.4, -0.2) is 54.6 Å². The minimum atomic E-state index is -0.0641. The van der Waals surface area contributed by atoms with E-state index in [1.807, 2.05) is 18.0 Å². The molecule has 2 aliphatic heterocycles. The molecule has 104 valence electrons.